The van der Waals surface area contributed by atoms with E-state index in [4.69, 9.17) is 5.73 Å². The normalized spacial score (nSPS) is 12.9. The topological polar surface area (TPSA) is 46.2 Å². The summed E-state index contributed by atoms with van der Waals surface area (Å²) >= 11 is 0. The number of rotatable bonds is 3. The molecular formula is C11H17NO. The molecule has 72 valence electrons. The summed E-state index contributed by atoms with van der Waals surface area (Å²) in [6.45, 7) is 4.56. The molecule has 3 N–H and O–H groups in total. The van der Waals surface area contributed by atoms with Crippen molar-refractivity contribution in [3.63, 3.8) is 0 Å². The summed E-state index contributed by atoms with van der Waals surface area (Å²) in [5.74, 6) is 0. The molecule has 2 nitrogen and oxygen atoms in total. The van der Waals surface area contributed by atoms with Gasteiger partial charge in [-0.05, 0) is 37.9 Å². The molecule has 0 aliphatic heterocycles. The first-order valence-corrected chi connectivity index (χ1v) is 4.60. The van der Waals surface area contributed by atoms with Gasteiger partial charge in [0.05, 0.1) is 6.10 Å². The Kier molecular flexibility index (Phi) is 3.46. The first-order chi connectivity index (χ1) is 6.15. The van der Waals surface area contributed by atoms with Crippen LogP contribution in [0.5, 0.6) is 0 Å². The second-order valence-corrected chi connectivity index (χ2v) is 3.45. The van der Waals surface area contributed by atoms with Crippen LogP contribution in [0.4, 0.5) is 0 Å². The van der Waals surface area contributed by atoms with E-state index in [1.54, 1.807) is 0 Å². The third-order valence-corrected chi connectivity index (χ3v) is 2.23. The monoisotopic (exact) mass is 179 g/mol. The fourth-order valence-corrected chi connectivity index (χ4v) is 1.43. The van der Waals surface area contributed by atoms with Crippen LogP contribution in [-0.2, 0) is 0 Å². The largest absolute Gasteiger partial charge is 0.388 e. The van der Waals surface area contributed by atoms with E-state index >= 15 is 0 Å². The molecule has 0 aliphatic rings. The fourth-order valence-electron chi connectivity index (χ4n) is 1.43. The summed E-state index contributed by atoms with van der Waals surface area (Å²) in [7, 11) is 0. The molecule has 0 saturated carbocycles. The van der Waals surface area contributed by atoms with E-state index in [0.717, 1.165) is 11.1 Å². The lowest BCUT2D eigenvalue weighted by molar-refractivity contribution is 0.169. The SMILES string of the molecule is Cc1ccc(C)c([C@@H](O)CCN)c1. The lowest BCUT2D eigenvalue weighted by Gasteiger charge is -2.13. The molecule has 0 fully saturated rings. The molecule has 0 aromatic heterocycles. The van der Waals surface area contributed by atoms with E-state index in [1.807, 2.05) is 32.0 Å². The molecule has 0 unspecified atom stereocenters. The van der Waals surface area contributed by atoms with Crippen molar-refractivity contribution in [2.45, 2.75) is 26.4 Å². The van der Waals surface area contributed by atoms with Crippen LogP contribution in [0, 0.1) is 13.8 Å². The van der Waals surface area contributed by atoms with E-state index in [-0.39, 0.29) is 0 Å². The van der Waals surface area contributed by atoms with Crippen LogP contribution < -0.4 is 5.73 Å². The van der Waals surface area contributed by atoms with Crippen molar-refractivity contribution in [2.75, 3.05) is 6.54 Å². The van der Waals surface area contributed by atoms with Crippen LogP contribution in [-0.4, -0.2) is 11.7 Å². The quantitative estimate of drug-likeness (QED) is 0.741. The van der Waals surface area contributed by atoms with Gasteiger partial charge in [0.2, 0.25) is 0 Å². The zero-order chi connectivity index (χ0) is 9.84. The summed E-state index contributed by atoms with van der Waals surface area (Å²) < 4.78 is 0. The standard InChI is InChI=1S/C11H17NO/c1-8-3-4-9(2)10(7-8)11(13)5-6-12/h3-4,7,11,13H,5-6,12H2,1-2H3/t11-/m0/s1. The Labute approximate surface area is 79.4 Å². The maximum atomic E-state index is 9.75. The molecule has 1 atom stereocenters. The molecule has 0 amide bonds. The number of aliphatic hydroxyl groups excluding tert-OH is 1. The van der Waals surface area contributed by atoms with Crippen LogP contribution in [0.3, 0.4) is 0 Å². The Morgan fingerprint density at radius 3 is 2.69 bits per heavy atom. The third kappa shape index (κ3) is 2.54. The molecule has 0 saturated heterocycles. The van der Waals surface area contributed by atoms with Gasteiger partial charge < -0.3 is 10.8 Å². The molecule has 1 aromatic carbocycles. The van der Waals surface area contributed by atoms with Gasteiger partial charge >= 0.3 is 0 Å². The van der Waals surface area contributed by atoms with E-state index in [2.05, 4.69) is 0 Å². The number of nitrogens with two attached hydrogens (primary N) is 1. The van der Waals surface area contributed by atoms with Crippen LogP contribution in [0.1, 0.15) is 29.2 Å². The minimum absolute atomic E-state index is 0.412. The second-order valence-electron chi connectivity index (χ2n) is 3.45. The molecule has 0 aliphatic carbocycles. The number of aliphatic hydroxyl groups is 1. The Morgan fingerprint density at radius 1 is 1.38 bits per heavy atom. The molecular weight excluding hydrogens is 162 g/mol. The highest BCUT2D eigenvalue weighted by Gasteiger charge is 2.08. The van der Waals surface area contributed by atoms with Gasteiger partial charge in [-0.25, -0.2) is 0 Å². The Bertz CT molecular complexity index is 283. The van der Waals surface area contributed by atoms with Crippen molar-refractivity contribution in [1.82, 2.24) is 0 Å². The predicted molar refractivity (Wildman–Crippen MR) is 54.5 cm³/mol. The van der Waals surface area contributed by atoms with Crippen LogP contribution in [0.2, 0.25) is 0 Å². The summed E-state index contributed by atoms with van der Waals surface area (Å²) in [5, 5.41) is 9.75. The van der Waals surface area contributed by atoms with Gasteiger partial charge in [-0.3, -0.25) is 0 Å². The van der Waals surface area contributed by atoms with Crippen LogP contribution in [0.15, 0.2) is 18.2 Å². The summed E-state index contributed by atoms with van der Waals surface area (Å²) in [4.78, 5) is 0. The zero-order valence-corrected chi connectivity index (χ0v) is 8.25. The number of hydrogen-bond acceptors (Lipinski definition) is 2. The lowest BCUT2D eigenvalue weighted by Crippen LogP contribution is -2.08. The summed E-state index contributed by atoms with van der Waals surface area (Å²) in [5.41, 5.74) is 8.71. The molecule has 13 heavy (non-hydrogen) atoms. The van der Waals surface area contributed by atoms with Crippen molar-refractivity contribution in [1.29, 1.82) is 0 Å². The van der Waals surface area contributed by atoms with E-state index in [0.29, 0.717) is 13.0 Å². The molecule has 2 heteroatoms. The maximum Gasteiger partial charge on any atom is 0.0804 e. The van der Waals surface area contributed by atoms with E-state index in [1.165, 1.54) is 5.56 Å². The molecule has 0 spiro atoms. The smallest absolute Gasteiger partial charge is 0.0804 e. The summed E-state index contributed by atoms with van der Waals surface area (Å²) in [6, 6.07) is 6.11. The Balaban J connectivity index is 2.91. The number of aryl methyl sites for hydroxylation is 2. The van der Waals surface area contributed by atoms with Crippen molar-refractivity contribution in [3.8, 4) is 0 Å². The third-order valence-electron chi connectivity index (χ3n) is 2.23. The van der Waals surface area contributed by atoms with Gasteiger partial charge in [-0.15, -0.1) is 0 Å². The molecule has 0 heterocycles. The minimum atomic E-state index is -0.412. The van der Waals surface area contributed by atoms with E-state index < -0.39 is 6.10 Å². The minimum Gasteiger partial charge on any atom is -0.388 e. The highest BCUT2D eigenvalue weighted by Crippen LogP contribution is 2.21. The van der Waals surface area contributed by atoms with Gasteiger partial charge in [0.1, 0.15) is 0 Å². The Morgan fingerprint density at radius 2 is 2.08 bits per heavy atom. The molecule has 0 bridgehead atoms. The van der Waals surface area contributed by atoms with Gasteiger partial charge in [0.25, 0.3) is 0 Å². The average Bonchev–Trinajstić information content (AvgIpc) is 2.09. The highest BCUT2D eigenvalue weighted by atomic mass is 16.3. The first-order valence-electron chi connectivity index (χ1n) is 4.60. The first kappa shape index (κ1) is 10.2. The molecule has 1 rings (SSSR count). The maximum absolute atomic E-state index is 9.75. The second kappa shape index (κ2) is 4.40. The average molecular weight is 179 g/mol. The lowest BCUT2D eigenvalue weighted by atomic mass is 9.99. The zero-order valence-electron chi connectivity index (χ0n) is 8.25. The molecule has 0 radical (unpaired) electrons. The number of hydrogen-bond donors (Lipinski definition) is 2. The van der Waals surface area contributed by atoms with E-state index in [9.17, 15) is 5.11 Å². The Hall–Kier alpha value is -0.860. The van der Waals surface area contributed by atoms with Crippen molar-refractivity contribution >= 4 is 0 Å². The molecule has 1 aromatic rings. The van der Waals surface area contributed by atoms with Crippen LogP contribution in [0.25, 0.3) is 0 Å². The van der Waals surface area contributed by atoms with Gasteiger partial charge in [-0.2, -0.15) is 0 Å². The van der Waals surface area contributed by atoms with Crippen molar-refractivity contribution < 1.29 is 5.11 Å². The van der Waals surface area contributed by atoms with Crippen LogP contribution >= 0.6 is 0 Å². The van der Waals surface area contributed by atoms with Gasteiger partial charge in [0.15, 0.2) is 0 Å². The van der Waals surface area contributed by atoms with Crippen molar-refractivity contribution in [2.24, 2.45) is 5.73 Å². The highest BCUT2D eigenvalue weighted by molar-refractivity contribution is 5.32. The van der Waals surface area contributed by atoms with Gasteiger partial charge in [0, 0.05) is 0 Å². The number of benzene rings is 1. The van der Waals surface area contributed by atoms with Crippen molar-refractivity contribution in [3.05, 3.63) is 34.9 Å². The summed E-state index contributed by atoms with van der Waals surface area (Å²) in [6.07, 6.45) is 0.217. The fraction of sp³-hybridized carbons (Fsp3) is 0.455. The van der Waals surface area contributed by atoms with Gasteiger partial charge in [-0.1, -0.05) is 23.8 Å². The predicted octanol–water partition coefficient (Wildman–Crippen LogP) is 1.69.